The fraction of sp³-hybridized carbons (Fsp3) is 0.600. The summed E-state index contributed by atoms with van der Waals surface area (Å²) in [5.74, 6) is -3.30. The van der Waals surface area contributed by atoms with Gasteiger partial charge >= 0.3 is 5.97 Å². The van der Waals surface area contributed by atoms with Crippen LogP contribution in [-0.4, -0.2) is 92.4 Å². The first-order chi connectivity index (χ1) is 21.8. The minimum atomic E-state index is -1.24. The predicted molar refractivity (Wildman–Crippen MR) is 178 cm³/mol. The number of alkyl halides is 1. The smallest absolute Gasteiger partial charge is 0.313 e. The summed E-state index contributed by atoms with van der Waals surface area (Å²) in [4.78, 5) is 58.7. The summed E-state index contributed by atoms with van der Waals surface area (Å²) < 4.78 is 12.9. The molecule has 3 aliphatic rings. The van der Waals surface area contributed by atoms with Crippen molar-refractivity contribution in [1.29, 1.82) is 0 Å². The van der Waals surface area contributed by atoms with E-state index in [1.54, 1.807) is 28.9 Å². The van der Waals surface area contributed by atoms with Crippen molar-refractivity contribution in [3.63, 3.8) is 0 Å². The van der Waals surface area contributed by atoms with Gasteiger partial charge in [0.25, 0.3) is 0 Å². The number of nitrogens with one attached hydrogen (secondary N) is 1. The van der Waals surface area contributed by atoms with Crippen molar-refractivity contribution in [3.8, 4) is 0 Å². The van der Waals surface area contributed by atoms with E-state index in [1.807, 2.05) is 51.1 Å². The Hall–Kier alpha value is -3.02. The van der Waals surface area contributed by atoms with Crippen molar-refractivity contribution >= 4 is 39.6 Å². The zero-order chi connectivity index (χ0) is 33.8. The molecule has 10 nitrogen and oxygen atoms in total. The number of carbonyl (C=O) groups is 4. The van der Waals surface area contributed by atoms with Gasteiger partial charge in [0.1, 0.15) is 17.7 Å². The quantitative estimate of drug-likeness (QED) is 0.122. The Morgan fingerprint density at radius 1 is 1.22 bits per heavy atom. The Labute approximate surface area is 280 Å². The average Bonchev–Trinajstić information content (AvgIpc) is 3.60. The summed E-state index contributed by atoms with van der Waals surface area (Å²) in [7, 11) is 0. The number of halogens is 1. The summed E-state index contributed by atoms with van der Waals surface area (Å²) in [6.45, 7) is 15.6. The van der Waals surface area contributed by atoms with Crippen molar-refractivity contribution in [3.05, 3.63) is 61.2 Å². The fourth-order valence-corrected chi connectivity index (χ4v) is 8.17. The number of rotatable bonds is 15. The molecule has 8 atom stereocenters. The minimum Gasteiger partial charge on any atom is -0.455 e. The monoisotopic (exact) mass is 701 g/mol. The van der Waals surface area contributed by atoms with Gasteiger partial charge in [-0.25, -0.2) is 0 Å². The first-order valence-electron chi connectivity index (χ1n) is 16.1. The van der Waals surface area contributed by atoms with E-state index in [-0.39, 0.29) is 48.7 Å². The number of unbranched alkanes of at least 4 members (excludes halogenated alkanes) is 1. The third-order valence-corrected chi connectivity index (χ3v) is 10.1. The number of carbonyl (C=O) groups excluding carboxylic acids is 4. The van der Waals surface area contributed by atoms with E-state index in [0.717, 1.165) is 0 Å². The normalized spacial score (nSPS) is 27.9. The molecule has 1 aromatic rings. The van der Waals surface area contributed by atoms with Crippen LogP contribution in [0.15, 0.2) is 55.6 Å². The van der Waals surface area contributed by atoms with Crippen molar-refractivity contribution < 1.29 is 33.8 Å². The van der Waals surface area contributed by atoms with Gasteiger partial charge in [0.2, 0.25) is 17.7 Å². The van der Waals surface area contributed by atoms with Gasteiger partial charge in [-0.2, -0.15) is 0 Å². The van der Waals surface area contributed by atoms with E-state index in [2.05, 4.69) is 34.4 Å². The summed E-state index contributed by atoms with van der Waals surface area (Å²) in [5, 5.41) is 12.4. The largest absolute Gasteiger partial charge is 0.455 e. The highest BCUT2D eigenvalue weighted by molar-refractivity contribution is 9.09. The number of nitrogens with zero attached hydrogens (tertiary/aromatic N) is 2. The van der Waals surface area contributed by atoms with Gasteiger partial charge in [0.15, 0.2) is 0 Å². The lowest BCUT2D eigenvalue weighted by atomic mass is 9.70. The topological polar surface area (TPSA) is 125 Å². The Morgan fingerprint density at radius 3 is 2.52 bits per heavy atom. The highest BCUT2D eigenvalue weighted by Crippen LogP contribution is 2.60. The highest BCUT2D eigenvalue weighted by Gasteiger charge is 2.77. The molecule has 3 saturated heterocycles. The number of likely N-dealkylation sites (tertiary alicyclic amines) is 1. The molecule has 3 amide bonds. The maximum Gasteiger partial charge on any atom is 0.313 e. The van der Waals surface area contributed by atoms with Gasteiger partial charge in [0, 0.05) is 36.5 Å². The van der Waals surface area contributed by atoms with Gasteiger partial charge in [0.05, 0.1) is 24.0 Å². The molecule has 3 aliphatic heterocycles. The van der Waals surface area contributed by atoms with Crippen LogP contribution >= 0.6 is 15.9 Å². The fourth-order valence-electron chi connectivity index (χ4n) is 7.22. The van der Waals surface area contributed by atoms with Gasteiger partial charge < -0.3 is 29.7 Å². The van der Waals surface area contributed by atoms with Crippen LogP contribution < -0.4 is 5.32 Å². The highest BCUT2D eigenvalue weighted by atomic mass is 79.9. The number of hydrogen-bond donors (Lipinski definition) is 2. The van der Waals surface area contributed by atoms with Gasteiger partial charge in [-0.3, -0.25) is 19.2 Å². The van der Waals surface area contributed by atoms with Crippen molar-refractivity contribution in [2.24, 2.45) is 11.8 Å². The van der Waals surface area contributed by atoms with Crippen molar-refractivity contribution in [1.82, 2.24) is 15.1 Å². The van der Waals surface area contributed by atoms with E-state index >= 15 is 0 Å². The summed E-state index contributed by atoms with van der Waals surface area (Å²) in [6.07, 6.45) is 3.90. The van der Waals surface area contributed by atoms with Crippen LogP contribution in [0.2, 0.25) is 0 Å². The number of aliphatic hydroxyl groups is 1. The number of allylic oxidation sites excluding steroid dienone is 1. The first-order valence-corrected chi connectivity index (χ1v) is 17.0. The number of amides is 3. The van der Waals surface area contributed by atoms with Crippen LogP contribution in [0.1, 0.15) is 71.5 Å². The van der Waals surface area contributed by atoms with Crippen LogP contribution in [-0.2, 0) is 28.7 Å². The molecule has 11 heteroatoms. The van der Waals surface area contributed by atoms with Crippen LogP contribution in [0.3, 0.4) is 0 Å². The van der Waals surface area contributed by atoms with E-state index in [4.69, 9.17) is 9.47 Å². The van der Waals surface area contributed by atoms with Crippen molar-refractivity contribution in [2.75, 3.05) is 19.7 Å². The number of benzene rings is 1. The molecule has 4 rings (SSSR count). The maximum absolute atomic E-state index is 14.5. The lowest BCUT2D eigenvalue weighted by Crippen LogP contribution is -2.60. The van der Waals surface area contributed by atoms with E-state index in [0.29, 0.717) is 31.2 Å². The Bertz CT molecular complexity index is 1300. The third kappa shape index (κ3) is 6.96. The number of ether oxygens (including phenoxy) is 2. The lowest BCUT2D eigenvalue weighted by molar-refractivity contribution is -0.162. The second-order valence-electron chi connectivity index (χ2n) is 13.5. The van der Waals surface area contributed by atoms with E-state index in [9.17, 15) is 24.3 Å². The third-order valence-electron chi connectivity index (χ3n) is 9.28. The molecular formula is C35H48BrN3O7. The van der Waals surface area contributed by atoms with Gasteiger partial charge in [-0.05, 0) is 58.9 Å². The van der Waals surface area contributed by atoms with Gasteiger partial charge in [-0.1, -0.05) is 58.4 Å². The Morgan fingerprint density at radius 2 is 1.91 bits per heavy atom. The Balaban J connectivity index is 1.70. The molecule has 0 saturated carbocycles. The van der Waals surface area contributed by atoms with E-state index < -0.39 is 53.2 Å². The number of aliphatic hydroxyl groups excluding tert-OH is 1. The molecule has 46 heavy (non-hydrogen) atoms. The lowest BCUT2D eigenvalue weighted by Gasteiger charge is -2.42. The number of hydrogen-bond acceptors (Lipinski definition) is 7. The molecule has 1 unspecified atom stereocenters. The molecule has 2 bridgehead atoms. The summed E-state index contributed by atoms with van der Waals surface area (Å²) >= 11 is 3.72. The van der Waals surface area contributed by atoms with Crippen LogP contribution in [0, 0.1) is 11.8 Å². The predicted octanol–water partition coefficient (Wildman–Crippen LogP) is 4.08. The molecule has 1 spiro atoms. The summed E-state index contributed by atoms with van der Waals surface area (Å²) in [6, 6.07) is 7.64. The van der Waals surface area contributed by atoms with Crippen molar-refractivity contribution in [2.45, 2.75) is 100 Å². The molecule has 2 N–H and O–H groups in total. The molecule has 1 aromatic carbocycles. The SMILES string of the molecule is C=CCCC(=O)N[C@@H](C)[C@H](OC(=O)[C@@H]1[C@H]2O[C@@]3(CC2Br)[C@H](C(=O)N(CC=C)C(C)(C)C)N(CCCCO)C(=O)[C@@H]13)c1ccccc1. The molecule has 3 heterocycles. The first kappa shape index (κ1) is 35.8. The maximum atomic E-state index is 14.5. The average molecular weight is 703 g/mol. The van der Waals surface area contributed by atoms with Gasteiger partial charge in [-0.15, -0.1) is 13.2 Å². The second kappa shape index (κ2) is 14.8. The number of esters is 1. The van der Waals surface area contributed by atoms with Crippen LogP contribution in [0.25, 0.3) is 0 Å². The molecule has 252 valence electrons. The molecule has 0 radical (unpaired) electrons. The molecule has 0 aromatic heterocycles. The standard InChI is InChI=1S/C35H48BrN3O7/c1-7-9-17-25(41)37-22(3)28(23-15-11-10-12-16-23)45-33(44)26-27-31(42)38(19-13-14-20-40)30(35(27)21-24(36)29(26)46-35)32(43)39(18-8-2)34(4,5)6/h7-8,10-12,15-16,22,24,26-30,40H,1-2,9,13-14,17-21H2,3-6H3,(H,37,41)/t22-,24?,26-,27+,28-,29-,30-,35+/m0/s1. The van der Waals surface area contributed by atoms with E-state index in [1.165, 1.54) is 0 Å². The molecular weight excluding hydrogens is 654 g/mol. The number of fused-ring (bicyclic) bond motifs is 1. The zero-order valence-electron chi connectivity index (χ0n) is 27.3. The summed E-state index contributed by atoms with van der Waals surface area (Å²) in [5.41, 5.74) is -1.12. The molecule has 0 aliphatic carbocycles. The van der Waals surface area contributed by atoms with Crippen LogP contribution in [0.4, 0.5) is 0 Å². The second-order valence-corrected chi connectivity index (χ2v) is 14.7. The zero-order valence-corrected chi connectivity index (χ0v) is 28.9. The Kier molecular flexibility index (Phi) is 11.5. The molecule has 3 fully saturated rings. The minimum absolute atomic E-state index is 0.0417. The van der Waals surface area contributed by atoms with Crippen LogP contribution in [0.5, 0.6) is 0 Å².